The van der Waals surface area contributed by atoms with Gasteiger partial charge in [0.1, 0.15) is 24.1 Å². The van der Waals surface area contributed by atoms with E-state index in [2.05, 4.69) is 15.3 Å². The van der Waals surface area contributed by atoms with Crippen molar-refractivity contribution in [3.05, 3.63) is 84.1 Å². The molecule has 0 aliphatic heterocycles. The lowest BCUT2D eigenvalue weighted by atomic mass is 10.1. The number of fused-ring (bicyclic) bond motifs is 2. The Bertz CT molecular complexity index is 1530. The number of aliphatic hydroxyl groups excluding tert-OH is 2. The molecule has 0 aliphatic rings. The molecule has 5 rings (SSSR count). The zero-order valence-corrected chi connectivity index (χ0v) is 21.7. The molecule has 3 N–H and O–H groups in total. The van der Waals surface area contributed by atoms with Crippen LogP contribution in [0.2, 0.25) is 0 Å². The van der Waals surface area contributed by atoms with Gasteiger partial charge < -0.3 is 20.3 Å². The van der Waals surface area contributed by atoms with E-state index in [9.17, 15) is 9.90 Å². The van der Waals surface area contributed by atoms with Crippen LogP contribution in [-0.4, -0.2) is 59.6 Å². The number of carbonyl (C=O) groups is 1. The van der Waals surface area contributed by atoms with Crippen molar-refractivity contribution in [1.29, 1.82) is 0 Å². The maximum Gasteiger partial charge on any atom is 0.274 e. The number of hydrogen-bond acceptors (Lipinski definition) is 7. The molecule has 0 fully saturated rings. The number of pyridine rings is 2. The average Bonchev–Trinajstić information content (AvgIpc) is 3.55. The van der Waals surface area contributed by atoms with E-state index in [4.69, 9.17) is 14.9 Å². The number of nitrogens with one attached hydrogen (secondary N) is 1. The molecular weight excluding hydrogens is 484 g/mol. The van der Waals surface area contributed by atoms with Crippen molar-refractivity contribution >= 4 is 28.1 Å². The second-order valence-corrected chi connectivity index (χ2v) is 8.30. The summed E-state index contributed by atoms with van der Waals surface area (Å²) in [6, 6.07) is 16.7. The van der Waals surface area contributed by atoms with Gasteiger partial charge in [0.15, 0.2) is 0 Å². The monoisotopic (exact) mass is 516 g/mol. The quantitative estimate of drug-likeness (QED) is 0.273. The van der Waals surface area contributed by atoms with E-state index in [1.807, 2.05) is 80.2 Å². The van der Waals surface area contributed by atoms with Gasteiger partial charge in [0.2, 0.25) is 5.88 Å². The van der Waals surface area contributed by atoms with Gasteiger partial charge in [0.05, 0.1) is 41.9 Å². The predicted octanol–water partition coefficient (Wildman–Crippen LogP) is 3.70. The van der Waals surface area contributed by atoms with Crippen LogP contribution in [0.3, 0.4) is 0 Å². The van der Waals surface area contributed by atoms with Crippen LogP contribution in [0.25, 0.3) is 16.6 Å². The van der Waals surface area contributed by atoms with Crippen molar-refractivity contribution in [2.24, 2.45) is 0 Å². The maximum atomic E-state index is 13.1. The number of ether oxygens (including phenoxy) is 1. The average molecular weight is 517 g/mol. The van der Waals surface area contributed by atoms with Crippen LogP contribution >= 0.6 is 0 Å². The van der Waals surface area contributed by atoms with Crippen molar-refractivity contribution in [3.63, 3.8) is 0 Å². The molecule has 5 aromatic rings. The number of nitrogens with zero attached hydrogens (tertiary/aromatic N) is 5. The second kappa shape index (κ2) is 12.3. The smallest absolute Gasteiger partial charge is 0.274 e. The van der Waals surface area contributed by atoms with Gasteiger partial charge in [-0.2, -0.15) is 5.10 Å². The van der Waals surface area contributed by atoms with E-state index in [0.717, 1.165) is 22.3 Å². The highest BCUT2D eigenvalue weighted by molar-refractivity contribution is 6.08. The topological polar surface area (TPSA) is 127 Å². The minimum absolute atomic E-state index is 0.0484. The molecule has 4 heterocycles. The van der Waals surface area contributed by atoms with E-state index < -0.39 is 6.10 Å². The zero-order chi connectivity index (χ0) is 27.1. The summed E-state index contributed by atoms with van der Waals surface area (Å²) in [6.45, 7) is 5.98. The van der Waals surface area contributed by atoms with Crippen LogP contribution in [0, 0.1) is 0 Å². The molecule has 4 aromatic heterocycles. The summed E-state index contributed by atoms with van der Waals surface area (Å²) in [7, 11) is 0. The first-order chi connectivity index (χ1) is 18.6. The lowest BCUT2D eigenvalue weighted by molar-refractivity contribution is 0.0520. The Morgan fingerprint density at radius 2 is 1.92 bits per heavy atom. The molecule has 10 heteroatoms. The van der Waals surface area contributed by atoms with Crippen molar-refractivity contribution in [1.82, 2.24) is 24.1 Å². The van der Waals surface area contributed by atoms with Gasteiger partial charge in [0, 0.05) is 17.6 Å². The SMILES string of the molecule is CC.CCc1nn(Cc2cccc(OCC(O)CO)n2)c2cccc(NC(=O)c3cnc4ccccn34)c12. The fourth-order valence-electron chi connectivity index (χ4n) is 4.08. The van der Waals surface area contributed by atoms with E-state index in [-0.39, 0.29) is 19.1 Å². The molecule has 198 valence electrons. The van der Waals surface area contributed by atoms with Crippen molar-refractivity contribution < 1.29 is 19.7 Å². The standard InChI is InChI=1S/C26H26N6O4.C2H6/c1-2-19-25-20(29-26(35)22-13-27-23-10-3-4-12-31(22)23)8-6-9-21(25)32(30-19)14-17-7-5-11-24(28-17)36-16-18(34)15-33;1-2/h3-13,18,33-34H,2,14-16H2,1H3,(H,29,35);1-2H3. The molecule has 0 radical (unpaired) electrons. The number of amides is 1. The molecule has 0 saturated carbocycles. The summed E-state index contributed by atoms with van der Waals surface area (Å²) in [5, 5.41) is 27.2. The molecule has 0 saturated heterocycles. The number of aliphatic hydroxyl groups is 2. The van der Waals surface area contributed by atoms with Gasteiger partial charge in [-0.1, -0.05) is 39.0 Å². The normalized spacial score (nSPS) is 11.7. The Labute approximate surface area is 220 Å². The number of rotatable bonds is 9. The van der Waals surface area contributed by atoms with Gasteiger partial charge in [-0.3, -0.25) is 13.9 Å². The molecular formula is C28H32N6O4. The Hall–Kier alpha value is -4.28. The summed E-state index contributed by atoms with van der Waals surface area (Å²) < 4.78 is 9.08. The largest absolute Gasteiger partial charge is 0.475 e. The Morgan fingerprint density at radius 3 is 2.71 bits per heavy atom. The Balaban J connectivity index is 0.00000164. The summed E-state index contributed by atoms with van der Waals surface area (Å²) in [5.41, 5.74) is 4.27. The van der Waals surface area contributed by atoms with Crippen LogP contribution in [-0.2, 0) is 13.0 Å². The van der Waals surface area contributed by atoms with Crippen molar-refractivity contribution in [2.45, 2.75) is 39.8 Å². The van der Waals surface area contributed by atoms with Gasteiger partial charge in [0.25, 0.3) is 5.91 Å². The van der Waals surface area contributed by atoms with Crippen molar-refractivity contribution in [3.8, 4) is 5.88 Å². The fourth-order valence-corrected chi connectivity index (χ4v) is 4.08. The number of aromatic nitrogens is 5. The number of hydrogen-bond donors (Lipinski definition) is 3. The highest BCUT2D eigenvalue weighted by Crippen LogP contribution is 2.28. The molecule has 1 atom stereocenters. The van der Waals surface area contributed by atoms with Crippen LogP contribution in [0.1, 0.15) is 42.6 Å². The number of imidazole rings is 1. The second-order valence-electron chi connectivity index (χ2n) is 8.30. The molecule has 1 amide bonds. The third kappa shape index (κ3) is 5.66. The molecule has 0 aliphatic carbocycles. The number of aryl methyl sites for hydroxylation is 1. The van der Waals surface area contributed by atoms with Crippen molar-refractivity contribution in [2.75, 3.05) is 18.5 Å². The fraction of sp³-hybridized carbons (Fsp3) is 0.286. The van der Waals surface area contributed by atoms with Gasteiger partial charge in [-0.25, -0.2) is 9.97 Å². The number of anilines is 1. The molecule has 38 heavy (non-hydrogen) atoms. The predicted molar refractivity (Wildman–Crippen MR) is 146 cm³/mol. The van der Waals surface area contributed by atoms with Crippen LogP contribution < -0.4 is 10.1 Å². The molecule has 10 nitrogen and oxygen atoms in total. The zero-order valence-electron chi connectivity index (χ0n) is 21.7. The molecule has 0 spiro atoms. The Morgan fingerprint density at radius 1 is 1.11 bits per heavy atom. The minimum Gasteiger partial charge on any atom is -0.475 e. The molecule has 0 bridgehead atoms. The van der Waals surface area contributed by atoms with E-state index in [1.165, 1.54) is 0 Å². The maximum absolute atomic E-state index is 13.1. The highest BCUT2D eigenvalue weighted by Gasteiger charge is 2.18. The summed E-state index contributed by atoms with van der Waals surface area (Å²) >= 11 is 0. The first kappa shape index (κ1) is 26.8. The van der Waals surface area contributed by atoms with Crippen LogP contribution in [0.5, 0.6) is 5.88 Å². The highest BCUT2D eigenvalue weighted by atomic mass is 16.5. The lowest BCUT2D eigenvalue weighted by Gasteiger charge is -2.10. The van der Waals surface area contributed by atoms with E-state index in [1.54, 1.807) is 16.7 Å². The van der Waals surface area contributed by atoms with E-state index in [0.29, 0.717) is 35.9 Å². The third-order valence-electron chi connectivity index (χ3n) is 5.81. The summed E-state index contributed by atoms with van der Waals surface area (Å²) in [4.78, 5) is 21.9. The minimum atomic E-state index is -0.966. The number of carbonyl (C=O) groups excluding carboxylic acids is 1. The summed E-state index contributed by atoms with van der Waals surface area (Å²) in [5.74, 6) is 0.0979. The summed E-state index contributed by atoms with van der Waals surface area (Å²) in [6.07, 6.45) is 3.09. The first-order valence-electron chi connectivity index (χ1n) is 12.7. The van der Waals surface area contributed by atoms with Gasteiger partial charge in [-0.05, 0) is 36.8 Å². The van der Waals surface area contributed by atoms with Crippen LogP contribution in [0.4, 0.5) is 5.69 Å². The molecule has 1 aromatic carbocycles. The first-order valence-corrected chi connectivity index (χ1v) is 12.7. The van der Waals surface area contributed by atoms with Gasteiger partial charge >= 0.3 is 0 Å². The molecule has 1 unspecified atom stereocenters. The number of benzene rings is 1. The van der Waals surface area contributed by atoms with E-state index >= 15 is 0 Å². The van der Waals surface area contributed by atoms with Gasteiger partial charge in [-0.15, -0.1) is 0 Å². The van der Waals surface area contributed by atoms with Crippen LogP contribution in [0.15, 0.2) is 67.0 Å². The third-order valence-corrected chi connectivity index (χ3v) is 5.81. The lowest BCUT2D eigenvalue weighted by Crippen LogP contribution is -2.21. The Kier molecular flexibility index (Phi) is 8.67.